The van der Waals surface area contributed by atoms with Crippen molar-refractivity contribution in [1.82, 2.24) is 0 Å². The molecule has 3 rings (SSSR count). The van der Waals surface area contributed by atoms with Crippen LogP contribution in [0.2, 0.25) is 0 Å². The van der Waals surface area contributed by atoms with Gasteiger partial charge in [-0.15, -0.1) is 0 Å². The van der Waals surface area contributed by atoms with Gasteiger partial charge in [0.05, 0.1) is 24.8 Å². The highest BCUT2D eigenvalue weighted by molar-refractivity contribution is 7.92. The summed E-state index contributed by atoms with van der Waals surface area (Å²) in [5.74, 6) is 0.740. The van der Waals surface area contributed by atoms with Gasteiger partial charge in [0, 0.05) is 24.6 Å². The smallest absolute Gasteiger partial charge is 0.264 e. The van der Waals surface area contributed by atoms with Crippen LogP contribution in [0.25, 0.3) is 0 Å². The van der Waals surface area contributed by atoms with E-state index in [1.807, 2.05) is 6.92 Å². The standard InChI is InChI=1S/C18H19NO5S/c1-12-4-6-15-14(10-12)16(20)8-9-19(15)25(21,22)13-5-7-17(23-2)18(11-13)24-3/h4-7,10-11H,8-9H2,1-3H3. The lowest BCUT2D eigenvalue weighted by molar-refractivity contribution is 0.0982. The zero-order valence-corrected chi connectivity index (χ0v) is 15.1. The molecular formula is C18H19NO5S. The summed E-state index contributed by atoms with van der Waals surface area (Å²) in [4.78, 5) is 12.3. The normalized spacial score (nSPS) is 14.2. The fraction of sp³-hybridized carbons (Fsp3) is 0.278. The number of hydrogen-bond acceptors (Lipinski definition) is 5. The predicted molar refractivity (Wildman–Crippen MR) is 94.2 cm³/mol. The van der Waals surface area contributed by atoms with E-state index in [0.29, 0.717) is 22.7 Å². The zero-order chi connectivity index (χ0) is 18.2. The monoisotopic (exact) mass is 361 g/mol. The fourth-order valence-corrected chi connectivity index (χ4v) is 4.40. The van der Waals surface area contributed by atoms with Crippen molar-refractivity contribution in [3.05, 3.63) is 47.5 Å². The number of fused-ring (bicyclic) bond motifs is 1. The van der Waals surface area contributed by atoms with Crippen LogP contribution in [-0.2, 0) is 10.0 Å². The summed E-state index contributed by atoms with van der Waals surface area (Å²) in [6.07, 6.45) is 0.156. The molecule has 0 saturated heterocycles. The SMILES string of the molecule is COc1ccc(S(=O)(=O)N2CCC(=O)c3cc(C)ccc32)cc1OC. The lowest BCUT2D eigenvalue weighted by atomic mass is 10.0. The van der Waals surface area contributed by atoms with Gasteiger partial charge in [-0.2, -0.15) is 0 Å². The van der Waals surface area contributed by atoms with Crippen molar-refractivity contribution >= 4 is 21.5 Å². The van der Waals surface area contributed by atoms with Crippen molar-refractivity contribution < 1.29 is 22.7 Å². The molecule has 1 aliphatic rings. The molecule has 0 radical (unpaired) electrons. The van der Waals surface area contributed by atoms with Gasteiger partial charge in [0.25, 0.3) is 10.0 Å². The van der Waals surface area contributed by atoms with E-state index in [1.54, 1.807) is 24.3 Å². The Hall–Kier alpha value is -2.54. The molecule has 0 unspecified atom stereocenters. The Morgan fingerprint density at radius 3 is 2.40 bits per heavy atom. The average molecular weight is 361 g/mol. The number of anilines is 1. The van der Waals surface area contributed by atoms with Gasteiger partial charge in [-0.05, 0) is 31.2 Å². The number of ether oxygens (including phenoxy) is 2. The third-order valence-corrected chi connectivity index (χ3v) is 6.02. The summed E-state index contributed by atoms with van der Waals surface area (Å²) in [5.41, 5.74) is 1.77. The molecule has 0 N–H and O–H groups in total. The number of aryl methyl sites for hydroxylation is 1. The van der Waals surface area contributed by atoms with E-state index in [2.05, 4.69) is 0 Å². The number of nitrogens with zero attached hydrogens (tertiary/aromatic N) is 1. The van der Waals surface area contributed by atoms with E-state index >= 15 is 0 Å². The predicted octanol–water partition coefficient (Wildman–Crippen LogP) is 2.79. The summed E-state index contributed by atoms with van der Waals surface area (Å²) >= 11 is 0. The van der Waals surface area contributed by atoms with E-state index in [0.717, 1.165) is 5.56 Å². The van der Waals surface area contributed by atoms with Crippen molar-refractivity contribution in [1.29, 1.82) is 0 Å². The molecular weight excluding hydrogens is 342 g/mol. The molecule has 6 nitrogen and oxygen atoms in total. The highest BCUT2D eigenvalue weighted by atomic mass is 32.2. The molecule has 2 aromatic carbocycles. The molecule has 0 spiro atoms. The van der Waals surface area contributed by atoms with Gasteiger partial charge in [0.1, 0.15) is 0 Å². The summed E-state index contributed by atoms with van der Waals surface area (Å²) in [6, 6.07) is 9.67. The number of carbonyl (C=O) groups excluding carboxylic acids is 1. The summed E-state index contributed by atoms with van der Waals surface area (Å²) in [7, 11) is -0.886. The van der Waals surface area contributed by atoms with Crippen molar-refractivity contribution in [3.63, 3.8) is 0 Å². The van der Waals surface area contributed by atoms with Gasteiger partial charge in [0.2, 0.25) is 0 Å². The Labute approximate surface area is 147 Å². The van der Waals surface area contributed by atoms with Crippen molar-refractivity contribution in [2.45, 2.75) is 18.2 Å². The Bertz CT molecular complexity index is 936. The van der Waals surface area contributed by atoms with Crippen molar-refractivity contribution in [2.75, 3.05) is 25.1 Å². The quantitative estimate of drug-likeness (QED) is 0.837. The molecule has 0 amide bonds. The summed E-state index contributed by atoms with van der Waals surface area (Å²) < 4.78 is 37.9. The van der Waals surface area contributed by atoms with Gasteiger partial charge in [-0.1, -0.05) is 11.6 Å². The number of methoxy groups -OCH3 is 2. The van der Waals surface area contributed by atoms with Crippen LogP contribution in [0, 0.1) is 6.92 Å². The molecule has 132 valence electrons. The minimum absolute atomic E-state index is 0.0440. The zero-order valence-electron chi connectivity index (χ0n) is 14.3. The highest BCUT2D eigenvalue weighted by Gasteiger charge is 2.32. The van der Waals surface area contributed by atoms with Crippen LogP contribution in [0.5, 0.6) is 11.5 Å². The van der Waals surface area contributed by atoms with Crippen molar-refractivity contribution in [3.8, 4) is 11.5 Å². The van der Waals surface area contributed by atoms with E-state index in [-0.39, 0.29) is 23.6 Å². The van der Waals surface area contributed by atoms with Crippen molar-refractivity contribution in [2.24, 2.45) is 0 Å². The summed E-state index contributed by atoms with van der Waals surface area (Å²) in [6.45, 7) is 1.99. The molecule has 7 heteroatoms. The van der Waals surface area contributed by atoms with Gasteiger partial charge in [-0.25, -0.2) is 8.42 Å². The molecule has 1 heterocycles. The number of rotatable bonds is 4. The Kier molecular flexibility index (Phi) is 4.43. The molecule has 0 bridgehead atoms. The van der Waals surface area contributed by atoms with Gasteiger partial charge in [-0.3, -0.25) is 9.10 Å². The molecule has 0 saturated carbocycles. The van der Waals surface area contributed by atoms with Gasteiger partial charge >= 0.3 is 0 Å². The highest BCUT2D eigenvalue weighted by Crippen LogP contribution is 2.35. The van der Waals surface area contributed by atoms with Gasteiger partial charge in [0.15, 0.2) is 17.3 Å². The van der Waals surface area contributed by atoms with E-state index in [4.69, 9.17) is 9.47 Å². The maximum Gasteiger partial charge on any atom is 0.264 e. The molecule has 0 aromatic heterocycles. The topological polar surface area (TPSA) is 72.9 Å². The largest absolute Gasteiger partial charge is 0.493 e. The van der Waals surface area contributed by atoms with E-state index in [9.17, 15) is 13.2 Å². The number of sulfonamides is 1. The first-order chi connectivity index (χ1) is 11.9. The second-order valence-electron chi connectivity index (χ2n) is 5.79. The Balaban J connectivity index is 2.10. The van der Waals surface area contributed by atoms with E-state index < -0.39 is 10.0 Å². The maximum atomic E-state index is 13.1. The van der Waals surface area contributed by atoms with Crippen LogP contribution in [0.1, 0.15) is 22.3 Å². The number of hydrogen-bond donors (Lipinski definition) is 0. The first kappa shape index (κ1) is 17.3. The first-order valence-corrected chi connectivity index (χ1v) is 9.21. The minimum atomic E-state index is -3.82. The van der Waals surface area contributed by atoms with Crippen LogP contribution in [0.15, 0.2) is 41.3 Å². The maximum absolute atomic E-state index is 13.1. The molecule has 0 fully saturated rings. The number of Topliss-reactive ketones (excluding diaryl/α,β-unsaturated/α-hetero) is 1. The minimum Gasteiger partial charge on any atom is -0.493 e. The lowest BCUT2D eigenvalue weighted by Gasteiger charge is -2.30. The molecule has 0 atom stereocenters. The molecule has 1 aliphatic heterocycles. The summed E-state index contributed by atoms with van der Waals surface area (Å²) in [5, 5.41) is 0. The molecule has 25 heavy (non-hydrogen) atoms. The van der Waals surface area contributed by atoms with E-state index in [1.165, 1.54) is 30.7 Å². The van der Waals surface area contributed by atoms with Crippen LogP contribution in [-0.4, -0.2) is 35.0 Å². The lowest BCUT2D eigenvalue weighted by Crippen LogP contribution is -2.37. The first-order valence-electron chi connectivity index (χ1n) is 7.77. The number of benzene rings is 2. The fourth-order valence-electron chi connectivity index (χ4n) is 2.90. The van der Waals surface area contributed by atoms with Crippen LogP contribution in [0.3, 0.4) is 0 Å². The number of ketones is 1. The second kappa shape index (κ2) is 6.40. The third kappa shape index (κ3) is 2.95. The average Bonchev–Trinajstić information content (AvgIpc) is 2.61. The van der Waals surface area contributed by atoms with Crippen LogP contribution < -0.4 is 13.8 Å². The molecule has 0 aliphatic carbocycles. The second-order valence-corrected chi connectivity index (χ2v) is 7.65. The third-order valence-electron chi connectivity index (χ3n) is 4.21. The van der Waals surface area contributed by atoms with Crippen LogP contribution in [0.4, 0.5) is 5.69 Å². The Morgan fingerprint density at radius 1 is 1.00 bits per heavy atom. The van der Waals surface area contributed by atoms with Crippen LogP contribution >= 0.6 is 0 Å². The molecule has 2 aromatic rings. The number of carbonyl (C=O) groups is 1. The Morgan fingerprint density at radius 2 is 1.72 bits per heavy atom. The van der Waals surface area contributed by atoms with Gasteiger partial charge < -0.3 is 9.47 Å².